The number of rotatable bonds is 12. The highest BCUT2D eigenvalue weighted by atomic mass is 79.9. The number of ether oxygens (including phenoxy) is 1. The minimum absolute atomic E-state index is 0.0629. The van der Waals surface area contributed by atoms with Crippen molar-refractivity contribution in [2.75, 3.05) is 6.61 Å². The molecule has 43 heavy (non-hydrogen) atoms. The average Bonchev–Trinajstić information content (AvgIpc) is 3.62. The highest BCUT2D eigenvalue weighted by Crippen LogP contribution is 2.34. The van der Waals surface area contributed by atoms with Crippen molar-refractivity contribution in [2.45, 2.75) is 52.8 Å². The fourth-order valence-corrected chi connectivity index (χ4v) is 5.54. The van der Waals surface area contributed by atoms with Crippen molar-refractivity contribution in [3.8, 4) is 28.3 Å². The van der Waals surface area contributed by atoms with Crippen LogP contribution in [0.3, 0.4) is 0 Å². The van der Waals surface area contributed by atoms with Crippen molar-refractivity contribution >= 4 is 33.3 Å². The smallest absolute Gasteiger partial charge is 0.234 e. The van der Waals surface area contributed by atoms with E-state index in [0.717, 1.165) is 35.1 Å². The number of ketones is 1. The molecular formula is C31H31BrClN7O3. The van der Waals surface area contributed by atoms with Crippen LogP contribution in [0.5, 0.6) is 5.75 Å². The topological polar surface area (TPSA) is 121 Å². The molecule has 1 N–H and O–H groups in total. The molecule has 0 aliphatic rings. The van der Waals surface area contributed by atoms with Crippen LogP contribution in [0.2, 0.25) is 5.15 Å². The zero-order valence-electron chi connectivity index (χ0n) is 24.0. The fourth-order valence-electron chi connectivity index (χ4n) is 4.94. The van der Waals surface area contributed by atoms with Gasteiger partial charge in [0.1, 0.15) is 21.9 Å². The Hall–Kier alpha value is -3.93. The number of unbranched alkanes of at least 4 members (excludes halogenated alkanes) is 1. The number of benzene rings is 2. The van der Waals surface area contributed by atoms with Gasteiger partial charge in [-0.1, -0.05) is 67.4 Å². The lowest BCUT2D eigenvalue weighted by molar-refractivity contribution is 0.0159. The number of hydrogen-bond acceptors (Lipinski definition) is 8. The average molecular weight is 665 g/mol. The van der Waals surface area contributed by atoms with Crippen molar-refractivity contribution in [1.29, 1.82) is 0 Å². The van der Waals surface area contributed by atoms with Gasteiger partial charge in [0.15, 0.2) is 22.9 Å². The summed E-state index contributed by atoms with van der Waals surface area (Å²) in [7, 11) is 0. The summed E-state index contributed by atoms with van der Waals surface area (Å²) in [6, 6.07) is 19.0. The van der Waals surface area contributed by atoms with Gasteiger partial charge in [0, 0.05) is 25.1 Å². The molecule has 5 rings (SSSR count). The first-order valence-corrected chi connectivity index (χ1v) is 15.2. The number of imidazole rings is 1. The van der Waals surface area contributed by atoms with Gasteiger partial charge in [-0.15, -0.1) is 5.10 Å². The van der Waals surface area contributed by atoms with Gasteiger partial charge in [0.25, 0.3) is 0 Å². The molecule has 0 aliphatic heterocycles. The van der Waals surface area contributed by atoms with Crippen LogP contribution in [0.25, 0.3) is 22.5 Å². The number of carbonyl (C=O) groups is 1. The molecule has 0 saturated heterocycles. The Kier molecular flexibility index (Phi) is 9.64. The number of aryl methyl sites for hydroxylation is 1. The number of hydrogen-bond donors (Lipinski definition) is 1. The SMILES string of the molecule is CCCCc1nc(Cl)c(C(=O)c2nc(Br)ccc2O)n1Cc1ccc(-c2ccccc2)c(-c2nnnn2C(C)OCC)c1. The van der Waals surface area contributed by atoms with Gasteiger partial charge < -0.3 is 14.4 Å². The third-order valence-electron chi connectivity index (χ3n) is 7.02. The molecule has 0 fully saturated rings. The van der Waals surface area contributed by atoms with Gasteiger partial charge in [-0.3, -0.25) is 4.79 Å². The zero-order chi connectivity index (χ0) is 30.5. The van der Waals surface area contributed by atoms with Crippen LogP contribution >= 0.6 is 27.5 Å². The van der Waals surface area contributed by atoms with Gasteiger partial charge in [-0.05, 0) is 81.5 Å². The molecular weight excluding hydrogens is 634 g/mol. The Morgan fingerprint density at radius 1 is 1.07 bits per heavy atom. The van der Waals surface area contributed by atoms with E-state index in [1.54, 1.807) is 10.7 Å². The normalized spacial score (nSPS) is 12.0. The van der Waals surface area contributed by atoms with Gasteiger partial charge in [0.05, 0.1) is 0 Å². The molecule has 0 aliphatic carbocycles. The second-order valence-electron chi connectivity index (χ2n) is 9.94. The molecule has 2 aromatic carbocycles. The molecule has 0 spiro atoms. The van der Waals surface area contributed by atoms with Gasteiger partial charge >= 0.3 is 0 Å². The van der Waals surface area contributed by atoms with Crippen molar-refractivity contribution in [1.82, 2.24) is 34.7 Å². The molecule has 1 atom stereocenters. The molecule has 1 unspecified atom stereocenters. The maximum atomic E-state index is 13.8. The van der Waals surface area contributed by atoms with E-state index in [4.69, 9.17) is 16.3 Å². The monoisotopic (exact) mass is 663 g/mol. The third kappa shape index (κ3) is 6.53. The van der Waals surface area contributed by atoms with Crippen molar-refractivity contribution in [2.24, 2.45) is 0 Å². The van der Waals surface area contributed by atoms with E-state index < -0.39 is 5.78 Å². The molecule has 0 radical (unpaired) electrons. The highest BCUT2D eigenvalue weighted by Gasteiger charge is 2.27. The first kappa shape index (κ1) is 30.5. The standard InChI is InChI=1S/C31H31BrClN7O3/c1-4-6-12-26-35-30(33)28(29(42)27-24(41)15-16-25(32)34-27)39(26)18-20-13-14-22(21-10-8-7-9-11-21)23(17-20)31-36-37-38-40(31)19(3)43-5-2/h7-11,13-17,19,41H,4-6,12,18H2,1-3H3. The lowest BCUT2D eigenvalue weighted by atomic mass is 9.96. The fraction of sp³-hybridized carbons (Fsp3) is 0.290. The van der Waals surface area contributed by atoms with E-state index in [1.807, 2.05) is 66.9 Å². The second-order valence-corrected chi connectivity index (χ2v) is 11.1. The first-order chi connectivity index (χ1) is 20.8. The second kappa shape index (κ2) is 13.6. The number of carbonyl (C=O) groups excluding carboxylic acids is 1. The molecule has 0 amide bonds. The number of nitrogens with zero attached hydrogens (tertiary/aromatic N) is 7. The molecule has 0 bridgehead atoms. The van der Waals surface area contributed by atoms with E-state index in [9.17, 15) is 9.90 Å². The quantitative estimate of drug-likeness (QED) is 0.113. The molecule has 12 heteroatoms. The maximum absolute atomic E-state index is 13.8. The largest absolute Gasteiger partial charge is 0.506 e. The predicted molar refractivity (Wildman–Crippen MR) is 167 cm³/mol. The number of halogens is 2. The lowest BCUT2D eigenvalue weighted by Crippen LogP contribution is -2.16. The Morgan fingerprint density at radius 2 is 1.86 bits per heavy atom. The molecule has 3 aromatic heterocycles. The summed E-state index contributed by atoms with van der Waals surface area (Å²) in [4.78, 5) is 22.6. The number of aromatic nitrogens is 7. The van der Waals surface area contributed by atoms with Crippen LogP contribution in [-0.2, 0) is 17.7 Å². The summed E-state index contributed by atoms with van der Waals surface area (Å²) >= 11 is 9.91. The summed E-state index contributed by atoms with van der Waals surface area (Å²) in [6.07, 6.45) is 2.05. The third-order valence-corrected chi connectivity index (χ3v) is 7.73. The summed E-state index contributed by atoms with van der Waals surface area (Å²) in [5.74, 6) is 0.468. The number of tetrazole rings is 1. The summed E-state index contributed by atoms with van der Waals surface area (Å²) in [5, 5.41) is 23.1. The minimum Gasteiger partial charge on any atom is -0.506 e. The maximum Gasteiger partial charge on any atom is 0.234 e. The Bertz CT molecular complexity index is 1740. The Morgan fingerprint density at radius 3 is 2.60 bits per heavy atom. The van der Waals surface area contributed by atoms with Crippen molar-refractivity contribution in [3.05, 3.63) is 93.2 Å². The summed E-state index contributed by atoms with van der Waals surface area (Å²) in [6.45, 7) is 6.70. The number of pyridine rings is 1. The van der Waals surface area contributed by atoms with Crippen LogP contribution in [0.4, 0.5) is 0 Å². The van der Waals surface area contributed by atoms with E-state index >= 15 is 0 Å². The number of aromatic hydroxyl groups is 1. The summed E-state index contributed by atoms with van der Waals surface area (Å²) in [5.41, 5.74) is 3.68. The molecule has 10 nitrogen and oxygen atoms in total. The van der Waals surface area contributed by atoms with Crippen LogP contribution < -0.4 is 0 Å². The molecule has 0 saturated carbocycles. The van der Waals surface area contributed by atoms with E-state index in [0.29, 0.717) is 35.8 Å². The van der Waals surface area contributed by atoms with Crippen LogP contribution in [0.1, 0.15) is 67.4 Å². The highest BCUT2D eigenvalue weighted by molar-refractivity contribution is 9.10. The first-order valence-electron chi connectivity index (χ1n) is 14.1. The van der Waals surface area contributed by atoms with E-state index in [-0.39, 0.29) is 28.5 Å². The minimum atomic E-state index is -0.519. The van der Waals surface area contributed by atoms with Gasteiger partial charge in [0.2, 0.25) is 5.78 Å². The Balaban J connectivity index is 1.64. The van der Waals surface area contributed by atoms with Crippen LogP contribution in [0.15, 0.2) is 65.3 Å². The van der Waals surface area contributed by atoms with Gasteiger partial charge in [-0.25, -0.2) is 9.97 Å². The van der Waals surface area contributed by atoms with Crippen LogP contribution in [-0.4, -0.2) is 52.2 Å². The van der Waals surface area contributed by atoms with E-state index in [1.165, 1.54) is 6.07 Å². The summed E-state index contributed by atoms with van der Waals surface area (Å²) < 4.78 is 9.70. The van der Waals surface area contributed by atoms with Gasteiger partial charge in [-0.2, -0.15) is 4.68 Å². The molecule has 3 heterocycles. The van der Waals surface area contributed by atoms with Crippen molar-refractivity contribution in [3.63, 3.8) is 0 Å². The lowest BCUT2D eigenvalue weighted by Gasteiger charge is -2.17. The molecule has 222 valence electrons. The predicted octanol–water partition coefficient (Wildman–Crippen LogP) is 6.90. The molecule has 5 aromatic rings. The van der Waals surface area contributed by atoms with Crippen LogP contribution in [0, 0.1) is 0 Å². The van der Waals surface area contributed by atoms with Crippen molar-refractivity contribution < 1.29 is 14.6 Å². The Labute approximate surface area is 262 Å². The zero-order valence-corrected chi connectivity index (χ0v) is 26.4. The van der Waals surface area contributed by atoms with E-state index in [2.05, 4.69) is 48.3 Å².